The second kappa shape index (κ2) is 8.50. The fraction of sp³-hybridized carbons (Fsp3) is 0.259. The van der Waals surface area contributed by atoms with E-state index in [0.29, 0.717) is 16.9 Å². The average Bonchev–Trinajstić information content (AvgIpc) is 3.44. The number of amides is 2. The van der Waals surface area contributed by atoms with Crippen molar-refractivity contribution < 1.29 is 14.3 Å². The monoisotopic (exact) mass is 456 g/mol. The molecule has 3 heterocycles. The maximum atomic E-state index is 13.2. The van der Waals surface area contributed by atoms with Gasteiger partial charge in [0.2, 0.25) is 0 Å². The van der Waals surface area contributed by atoms with E-state index in [1.807, 2.05) is 66.5 Å². The Morgan fingerprint density at radius 1 is 0.912 bits per heavy atom. The highest BCUT2D eigenvalue weighted by Gasteiger charge is 2.35. The molecule has 0 atom stereocenters. The lowest BCUT2D eigenvalue weighted by atomic mass is 9.95. The van der Waals surface area contributed by atoms with Gasteiger partial charge in [0.05, 0.1) is 18.3 Å². The molecule has 174 valence electrons. The quantitative estimate of drug-likeness (QED) is 0.431. The Hall–Kier alpha value is -3.84. The third-order valence-corrected chi connectivity index (χ3v) is 6.46. The van der Waals surface area contributed by atoms with Gasteiger partial charge < -0.3 is 18.8 Å². The molecular formula is C27H28N4O3. The maximum absolute atomic E-state index is 13.2. The van der Waals surface area contributed by atoms with Gasteiger partial charge >= 0.3 is 0 Å². The number of fused-ring (bicyclic) bond motifs is 2. The number of aromatic nitrogens is 2. The van der Waals surface area contributed by atoms with Crippen molar-refractivity contribution in [3.05, 3.63) is 66.0 Å². The van der Waals surface area contributed by atoms with Crippen molar-refractivity contribution in [1.82, 2.24) is 19.4 Å². The van der Waals surface area contributed by atoms with Crippen LogP contribution in [-0.4, -0.2) is 53.6 Å². The molecule has 7 heteroatoms. The highest BCUT2D eigenvalue weighted by atomic mass is 16.5. The van der Waals surface area contributed by atoms with Crippen LogP contribution in [0.25, 0.3) is 33.0 Å². The summed E-state index contributed by atoms with van der Waals surface area (Å²) in [6.07, 6.45) is 4.88. The molecule has 0 saturated carbocycles. The van der Waals surface area contributed by atoms with Gasteiger partial charge in [-0.05, 0) is 51.3 Å². The Bertz CT molecular complexity index is 1470. The molecule has 1 aliphatic heterocycles. The molecule has 2 aromatic carbocycles. The van der Waals surface area contributed by atoms with Gasteiger partial charge in [-0.3, -0.25) is 14.9 Å². The number of nitrogens with one attached hydrogen (secondary N) is 1. The molecule has 0 radical (unpaired) electrons. The van der Waals surface area contributed by atoms with E-state index in [4.69, 9.17) is 4.74 Å². The minimum atomic E-state index is -0.372. The average molecular weight is 457 g/mol. The lowest BCUT2D eigenvalue weighted by Crippen LogP contribution is -2.22. The third kappa shape index (κ3) is 3.58. The van der Waals surface area contributed by atoms with E-state index in [-0.39, 0.29) is 11.8 Å². The smallest absolute Gasteiger partial charge is 0.259 e. The van der Waals surface area contributed by atoms with Gasteiger partial charge in [-0.1, -0.05) is 18.2 Å². The van der Waals surface area contributed by atoms with E-state index in [0.717, 1.165) is 52.4 Å². The zero-order chi connectivity index (χ0) is 24.0. The van der Waals surface area contributed by atoms with Gasteiger partial charge in [0.1, 0.15) is 5.75 Å². The first kappa shape index (κ1) is 22.0. The van der Waals surface area contributed by atoms with Gasteiger partial charge in [-0.2, -0.15) is 0 Å². The van der Waals surface area contributed by atoms with E-state index in [1.54, 1.807) is 7.11 Å². The van der Waals surface area contributed by atoms with E-state index in [9.17, 15) is 9.59 Å². The zero-order valence-corrected chi connectivity index (χ0v) is 19.9. The molecule has 1 aliphatic rings. The van der Waals surface area contributed by atoms with E-state index in [2.05, 4.69) is 28.9 Å². The van der Waals surface area contributed by atoms with Crippen LogP contribution in [0, 0.1) is 0 Å². The van der Waals surface area contributed by atoms with Gasteiger partial charge in [0.25, 0.3) is 11.8 Å². The highest BCUT2D eigenvalue weighted by Crippen LogP contribution is 2.39. The number of ether oxygens (including phenoxy) is 1. The fourth-order valence-electron chi connectivity index (χ4n) is 4.85. The van der Waals surface area contributed by atoms with Crippen LogP contribution < -0.4 is 10.1 Å². The molecule has 34 heavy (non-hydrogen) atoms. The number of rotatable bonds is 7. The standard InChI is InChI=1S/C27H28N4O3/c1-29(2)12-7-13-31-16-21(19-14-17(34-4)10-11-23(19)31)25-24(26(32)28-27(25)33)20-15-30(3)22-9-6-5-8-18(20)22/h5-6,8-11,14-16H,7,12-13H2,1-4H3,(H,28,32,33). The normalized spacial score (nSPS) is 14.1. The Morgan fingerprint density at radius 2 is 1.62 bits per heavy atom. The summed E-state index contributed by atoms with van der Waals surface area (Å²) in [4.78, 5) is 28.4. The van der Waals surface area contributed by atoms with E-state index >= 15 is 0 Å². The molecular weight excluding hydrogens is 428 g/mol. The maximum Gasteiger partial charge on any atom is 0.259 e. The SMILES string of the molecule is COc1ccc2c(c1)c(C1=C(c3cn(C)c4ccccc34)C(=O)NC1=O)cn2CCCN(C)C. The summed E-state index contributed by atoms with van der Waals surface area (Å²) in [5.41, 5.74) is 4.33. The number of nitrogens with zero attached hydrogens (tertiary/aromatic N) is 3. The minimum Gasteiger partial charge on any atom is -0.497 e. The number of methoxy groups -OCH3 is 1. The molecule has 0 bridgehead atoms. The Kier molecular flexibility index (Phi) is 5.49. The van der Waals surface area contributed by atoms with Crippen molar-refractivity contribution in [1.29, 1.82) is 0 Å². The lowest BCUT2D eigenvalue weighted by Gasteiger charge is -2.10. The number of benzene rings is 2. The molecule has 2 aromatic heterocycles. The molecule has 4 aromatic rings. The lowest BCUT2D eigenvalue weighted by molar-refractivity contribution is -0.122. The van der Waals surface area contributed by atoms with Crippen LogP contribution in [0.5, 0.6) is 5.75 Å². The molecule has 5 rings (SSSR count). The Balaban J connectivity index is 1.75. The van der Waals surface area contributed by atoms with Crippen LogP contribution in [0.2, 0.25) is 0 Å². The predicted octanol–water partition coefficient (Wildman–Crippen LogP) is 3.66. The first-order valence-electron chi connectivity index (χ1n) is 11.4. The molecule has 0 saturated heterocycles. The molecule has 2 amide bonds. The summed E-state index contributed by atoms with van der Waals surface area (Å²) < 4.78 is 9.63. The predicted molar refractivity (Wildman–Crippen MR) is 135 cm³/mol. The Labute approximate surface area is 198 Å². The number of carbonyl (C=O) groups is 2. The molecule has 0 spiro atoms. The van der Waals surface area contributed by atoms with E-state index < -0.39 is 0 Å². The van der Waals surface area contributed by atoms with Crippen molar-refractivity contribution in [2.75, 3.05) is 27.7 Å². The third-order valence-electron chi connectivity index (χ3n) is 6.46. The fourth-order valence-corrected chi connectivity index (χ4v) is 4.85. The summed E-state index contributed by atoms with van der Waals surface area (Å²) >= 11 is 0. The Morgan fingerprint density at radius 3 is 2.32 bits per heavy atom. The van der Waals surface area contributed by atoms with Crippen LogP contribution >= 0.6 is 0 Å². The van der Waals surface area contributed by atoms with Crippen LogP contribution in [0.4, 0.5) is 0 Å². The van der Waals surface area contributed by atoms with Gasteiger partial charge in [0, 0.05) is 58.9 Å². The first-order valence-corrected chi connectivity index (χ1v) is 11.4. The number of hydrogen-bond acceptors (Lipinski definition) is 4. The van der Waals surface area contributed by atoms with Crippen molar-refractivity contribution in [3.63, 3.8) is 0 Å². The number of aryl methyl sites for hydroxylation is 2. The van der Waals surface area contributed by atoms with Crippen LogP contribution in [0.15, 0.2) is 54.9 Å². The molecule has 0 unspecified atom stereocenters. The molecule has 1 N–H and O–H groups in total. The molecule has 0 fully saturated rings. The zero-order valence-electron chi connectivity index (χ0n) is 19.9. The van der Waals surface area contributed by atoms with Gasteiger partial charge in [0.15, 0.2) is 0 Å². The summed E-state index contributed by atoms with van der Waals surface area (Å²) in [5, 5.41) is 4.37. The second-order valence-corrected chi connectivity index (χ2v) is 8.98. The number of para-hydroxylation sites is 1. The molecule has 7 nitrogen and oxygen atoms in total. The van der Waals surface area contributed by atoms with Crippen LogP contribution in [0.3, 0.4) is 0 Å². The minimum absolute atomic E-state index is 0.368. The summed E-state index contributed by atoms with van der Waals surface area (Å²) in [7, 11) is 7.68. The number of carbonyl (C=O) groups excluding carboxylic acids is 2. The summed E-state index contributed by atoms with van der Waals surface area (Å²) in [5.74, 6) is -0.0345. The van der Waals surface area contributed by atoms with E-state index in [1.165, 1.54) is 0 Å². The number of hydrogen-bond donors (Lipinski definition) is 1. The summed E-state index contributed by atoms with van der Waals surface area (Å²) in [6, 6.07) is 13.8. The van der Waals surface area contributed by atoms with Crippen molar-refractivity contribution >= 4 is 44.8 Å². The van der Waals surface area contributed by atoms with Crippen molar-refractivity contribution in [2.45, 2.75) is 13.0 Å². The largest absolute Gasteiger partial charge is 0.497 e. The van der Waals surface area contributed by atoms with Crippen molar-refractivity contribution in [2.24, 2.45) is 7.05 Å². The van der Waals surface area contributed by atoms with Crippen molar-refractivity contribution in [3.8, 4) is 5.75 Å². The van der Waals surface area contributed by atoms with Gasteiger partial charge in [-0.15, -0.1) is 0 Å². The highest BCUT2D eigenvalue weighted by molar-refractivity contribution is 6.50. The topological polar surface area (TPSA) is 68.5 Å². The summed E-state index contributed by atoms with van der Waals surface area (Å²) in [6.45, 7) is 1.75. The molecule has 0 aliphatic carbocycles. The number of imide groups is 1. The second-order valence-electron chi connectivity index (χ2n) is 8.98. The van der Waals surface area contributed by atoms with Crippen LogP contribution in [-0.2, 0) is 23.2 Å². The van der Waals surface area contributed by atoms with Crippen LogP contribution in [0.1, 0.15) is 17.5 Å². The van der Waals surface area contributed by atoms with Gasteiger partial charge in [-0.25, -0.2) is 0 Å². The first-order chi connectivity index (χ1) is 16.4.